The van der Waals surface area contributed by atoms with Crippen LogP contribution in [0.15, 0.2) is 22.9 Å². The number of hydrogen-bond donors (Lipinski definition) is 2. The van der Waals surface area contributed by atoms with Crippen LogP contribution in [-0.2, 0) is 4.79 Å². The molecule has 1 aromatic heterocycles. The number of amides is 1. The van der Waals surface area contributed by atoms with E-state index in [0.717, 1.165) is 10.2 Å². The van der Waals surface area contributed by atoms with Crippen molar-refractivity contribution in [1.82, 2.24) is 10.3 Å². The van der Waals surface area contributed by atoms with Gasteiger partial charge in [0.1, 0.15) is 0 Å². The Hall–Kier alpha value is -0.940. The first-order chi connectivity index (χ1) is 7.59. The van der Waals surface area contributed by atoms with Gasteiger partial charge in [-0.15, -0.1) is 0 Å². The van der Waals surface area contributed by atoms with Gasteiger partial charge in [0.2, 0.25) is 5.91 Å². The van der Waals surface area contributed by atoms with E-state index in [-0.39, 0.29) is 5.91 Å². The normalized spacial score (nSPS) is 10.5. The molecule has 0 radical (unpaired) electrons. The fraction of sp³-hybridized carbons (Fsp3) is 0.455. The molecule has 16 heavy (non-hydrogen) atoms. The average molecular weight is 286 g/mol. The molecule has 0 saturated heterocycles. The Morgan fingerprint density at radius 1 is 1.56 bits per heavy atom. The van der Waals surface area contributed by atoms with Crippen LogP contribution in [-0.4, -0.2) is 23.5 Å². The van der Waals surface area contributed by atoms with E-state index in [1.165, 1.54) is 0 Å². The van der Waals surface area contributed by atoms with Crippen LogP contribution in [0.3, 0.4) is 0 Å². The first-order valence-electron chi connectivity index (χ1n) is 5.22. The van der Waals surface area contributed by atoms with Crippen molar-refractivity contribution < 1.29 is 4.79 Å². The molecule has 5 heteroatoms. The van der Waals surface area contributed by atoms with Gasteiger partial charge in [0, 0.05) is 31.4 Å². The average Bonchev–Trinajstić information content (AvgIpc) is 2.21. The van der Waals surface area contributed by atoms with Gasteiger partial charge in [0.15, 0.2) is 0 Å². The Morgan fingerprint density at radius 2 is 2.31 bits per heavy atom. The second-order valence-electron chi connectivity index (χ2n) is 3.76. The first-order valence-corrected chi connectivity index (χ1v) is 6.01. The zero-order chi connectivity index (χ0) is 12.0. The van der Waals surface area contributed by atoms with Gasteiger partial charge in [-0.1, -0.05) is 13.8 Å². The van der Waals surface area contributed by atoms with Crippen molar-refractivity contribution in [2.75, 3.05) is 11.9 Å². The molecule has 0 saturated carbocycles. The lowest BCUT2D eigenvalue weighted by Gasteiger charge is -2.09. The van der Waals surface area contributed by atoms with E-state index < -0.39 is 0 Å². The van der Waals surface area contributed by atoms with E-state index in [0.29, 0.717) is 19.0 Å². The molecule has 0 aliphatic carbocycles. The van der Waals surface area contributed by atoms with E-state index in [9.17, 15) is 4.79 Å². The molecule has 0 bridgehead atoms. The van der Waals surface area contributed by atoms with Gasteiger partial charge in [-0.3, -0.25) is 9.78 Å². The van der Waals surface area contributed by atoms with Crippen molar-refractivity contribution in [3.05, 3.63) is 22.9 Å². The monoisotopic (exact) mass is 285 g/mol. The second kappa shape index (κ2) is 6.60. The third-order valence-electron chi connectivity index (χ3n) is 1.95. The summed E-state index contributed by atoms with van der Waals surface area (Å²) in [5, 5.41) is 6.01. The SMILES string of the molecule is CC(C)NCCC(=O)Nc1ccncc1Br. The molecule has 1 aromatic rings. The zero-order valence-electron chi connectivity index (χ0n) is 9.46. The predicted octanol–water partition coefficient (Wildman–Crippen LogP) is 2.17. The molecule has 2 N–H and O–H groups in total. The summed E-state index contributed by atoms with van der Waals surface area (Å²) in [6, 6.07) is 2.16. The number of aromatic nitrogens is 1. The van der Waals surface area contributed by atoms with Crippen molar-refractivity contribution in [1.29, 1.82) is 0 Å². The highest BCUT2D eigenvalue weighted by Gasteiger charge is 2.05. The zero-order valence-corrected chi connectivity index (χ0v) is 11.0. The summed E-state index contributed by atoms with van der Waals surface area (Å²) in [7, 11) is 0. The molecular formula is C11H16BrN3O. The number of rotatable bonds is 5. The molecule has 1 rings (SSSR count). The van der Waals surface area contributed by atoms with E-state index in [1.807, 2.05) is 0 Å². The van der Waals surface area contributed by atoms with E-state index >= 15 is 0 Å². The fourth-order valence-electron chi connectivity index (χ4n) is 1.16. The van der Waals surface area contributed by atoms with Crippen molar-refractivity contribution >= 4 is 27.5 Å². The third-order valence-corrected chi connectivity index (χ3v) is 2.58. The summed E-state index contributed by atoms with van der Waals surface area (Å²) >= 11 is 3.32. The smallest absolute Gasteiger partial charge is 0.225 e. The number of hydrogen-bond acceptors (Lipinski definition) is 3. The molecule has 0 aromatic carbocycles. The molecule has 0 aliphatic heterocycles. The summed E-state index contributed by atoms with van der Waals surface area (Å²) in [5.74, 6) is 0.0000463. The molecule has 1 amide bonds. The molecule has 4 nitrogen and oxygen atoms in total. The minimum atomic E-state index is 0.0000463. The number of anilines is 1. The Morgan fingerprint density at radius 3 is 2.94 bits per heavy atom. The summed E-state index contributed by atoms with van der Waals surface area (Å²) in [5.41, 5.74) is 0.754. The lowest BCUT2D eigenvalue weighted by atomic mass is 10.3. The molecule has 0 spiro atoms. The Bertz CT molecular complexity index is 355. The third kappa shape index (κ3) is 4.72. The number of nitrogens with zero attached hydrogens (tertiary/aromatic N) is 1. The quantitative estimate of drug-likeness (QED) is 0.872. The van der Waals surface area contributed by atoms with Crippen molar-refractivity contribution in [2.24, 2.45) is 0 Å². The van der Waals surface area contributed by atoms with Gasteiger partial charge >= 0.3 is 0 Å². The number of nitrogens with one attached hydrogen (secondary N) is 2. The van der Waals surface area contributed by atoms with Crippen molar-refractivity contribution in [2.45, 2.75) is 26.3 Å². The Balaban J connectivity index is 2.37. The van der Waals surface area contributed by atoms with Crippen LogP contribution in [0.4, 0.5) is 5.69 Å². The minimum absolute atomic E-state index is 0.0000463. The molecular weight excluding hydrogens is 270 g/mol. The second-order valence-corrected chi connectivity index (χ2v) is 4.62. The summed E-state index contributed by atoms with van der Waals surface area (Å²) in [6.45, 7) is 4.79. The molecule has 0 atom stereocenters. The van der Waals surface area contributed by atoms with Gasteiger partial charge in [0.25, 0.3) is 0 Å². The maximum absolute atomic E-state index is 11.6. The highest BCUT2D eigenvalue weighted by atomic mass is 79.9. The highest BCUT2D eigenvalue weighted by Crippen LogP contribution is 2.19. The van der Waals surface area contributed by atoms with E-state index in [4.69, 9.17) is 0 Å². The number of carbonyl (C=O) groups is 1. The van der Waals surface area contributed by atoms with Crippen LogP contribution < -0.4 is 10.6 Å². The van der Waals surface area contributed by atoms with Crippen LogP contribution in [0, 0.1) is 0 Å². The largest absolute Gasteiger partial charge is 0.325 e. The molecule has 0 aliphatic rings. The Labute approximate surface area is 104 Å². The predicted molar refractivity (Wildman–Crippen MR) is 68.3 cm³/mol. The van der Waals surface area contributed by atoms with E-state index in [2.05, 4.69) is 45.4 Å². The maximum Gasteiger partial charge on any atom is 0.225 e. The van der Waals surface area contributed by atoms with Crippen LogP contribution in [0.25, 0.3) is 0 Å². The Kier molecular flexibility index (Phi) is 5.42. The van der Waals surface area contributed by atoms with Gasteiger partial charge in [-0.2, -0.15) is 0 Å². The van der Waals surface area contributed by atoms with Crippen LogP contribution in [0.2, 0.25) is 0 Å². The summed E-state index contributed by atoms with van der Waals surface area (Å²) in [4.78, 5) is 15.5. The van der Waals surface area contributed by atoms with Crippen molar-refractivity contribution in [3.63, 3.8) is 0 Å². The van der Waals surface area contributed by atoms with E-state index in [1.54, 1.807) is 18.5 Å². The van der Waals surface area contributed by atoms with Crippen LogP contribution >= 0.6 is 15.9 Å². The maximum atomic E-state index is 11.6. The highest BCUT2D eigenvalue weighted by molar-refractivity contribution is 9.10. The molecule has 0 fully saturated rings. The fourth-order valence-corrected chi connectivity index (χ4v) is 1.51. The lowest BCUT2D eigenvalue weighted by molar-refractivity contribution is -0.116. The summed E-state index contributed by atoms with van der Waals surface area (Å²) in [6.07, 6.45) is 3.77. The number of pyridine rings is 1. The standard InChI is InChI=1S/C11H16BrN3O/c1-8(2)14-6-4-11(16)15-10-3-5-13-7-9(10)12/h3,5,7-8,14H,4,6H2,1-2H3,(H,13,15,16). The van der Waals surface area contributed by atoms with Gasteiger partial charge in [-0.05, 0) is 22.0 Å². The lowest BCUT2D eigenvalue weighted by Crippen LogP contribution is -2.27. The van der Waals surface area contributed by atoms with Crippen LogP contribution in [0.1, 0.15) is 20.3 Å². The first kappa shape index (κ1) is 13.1. The number of carbonyl (C=O) groups excluding carboxylic acids is 1. The summed E-state index contributed by atoms with van der Waals surface area (Å²) < 4.78 is 0.792. The molecule has 88 valence electrons. The molecule has 1 heterocycles. The van der Waals surface area contributed by atoms with Crippen molar-refractivity contribution in [3.8, 4) is 0 Å². The molecule has 0 unspecified atom stereocenters. The van der Waals surface area contributed by atoms with Crippen LogP contribution in [0.5, 0.6) is 0 Å². The minimum Gasteiger partial charge on any atom is -0.325 e. The number of halogens is 1. The van der Waals surface area contributed by atoms with Gasteiger partial charge < -0.3 is 10.6 Å². The van der Waals surface area contributed by atoms with Gasteiger partial charge in [0.05, 0.1) is 10.2 Å². The van der Waals surface area contributed by atoms with Gasteiger partial charge in [-0.25, -0.2) is 0 Å². The topological polar surface area (TPSA) is 54.0 Å².